The van der Waals surface area contributed by atoms with Crippen molar-refractivity contribution in [1.82, 2.24) is 4.90 Å². The lowest BCUT2D eigenvalue weighted by molar-refractivity contribution is -0.307. The van der Waals surface area contributed by atoms with Crippen LogP contribution >= 0.6 is 0 Å². The predicted molar refractivity (Wildman–Crippen MR) is 185 cm³/mol. The van der Waals surface area contributed by atoms with Crippen LogP contribution in [0.5, 0.6) is 0 Å². The van der Waals surface area contributed by atoms with E-state index in [-0.39, 0.29) is 47.9 Å². The number of likely N-dealkylation sites (N-methyl/N-ethyl adjacent to an activating group) is 1. The average Bonchev–Trinajstić information content (AvgIpc) is 3.26. The van der Waals surface area contributed by atoms with Gasteiger partial charge < -0.3 is 43.2 Å². The lowest BCUT2D eigenvalue weighted by Crippen LogP contribution is -2.58. The van der Waals surface area contributed by atoms with E-state index in [1.807, 2.05) is 46.7 Å². The maximum absolute atomic E-state index is 14.1. The molecule has 49 heavy (non-hydrogen) atoms. The van der Waals surface area contributed by atoms with Crippen LogP contribution in [0, 0.1) is 35.0 Å². The van der Waals surface area contributed by atoms with Gasteiger partial charge in [0.1, 0.15) is 12.2 Å². The summed E-state index contributed by atoms with van der Waals surface area (Å²) in [4.78, 5) is 29.9. The first-order valence-corrected chi connectivity index (χ1v) is 18.5. The highest BCUT2D eigenvalue weighted by Gasteiger charge is 2.57. The fourth-order valence-corrected chi connectivity index (χ4v) is 9.17. The van der Waals surface area contributed by atoms with Gasteiger partial charge in [0, 0.05) is 37.3 Å². The maximum Gasteiger partial charge on any atom is 0.311 e. The molecule has 0 radical (unpaired) electrons. The number of fused-ring (bicyclic) bond motifs is 2. The van der Waals surface area contributed by atoms with Crippen LogP contribution in [0.4, 0.5) is 0 Å². The summed E-state index contributed by atoms with van der Waals surface area (Å²) in [7, 11) is 5.61. The van der Waals surface area contributed by atoms with Crippen molar-refractivity contribution < 1.29 is 47.9 Å². The molecule has 0 spiro atoms. The smallest absolute Gasteiger partial charge is 0.311 e. The van der Waals surface area contributed by atoms with Crippen molar-refractivity contribution >= 4 is 11.8 Å². The van der Waals surface area contributed by atoms with Gasteiger partial charge in [0.15, 0.2) is 24.0 Å². The number of carbonyl (C=O) groups excluding carboxylic acids is 2. The van der Waals surface area contributed by atoms with E-state index in [2.05, 4.69) is 34.6 Å². The summed E-state index contributed by atoms with van der Waals surface area (Å²) in [6.45, 7) is 23.8. The predicted octanol–water partition coefficient (Wildman–Crippen LogP) is 4.99. The maximum atomic E-state index is 14.1. The number of hydrogen-bond donors (Lipinski definition) is 1. The Morgan fingerprint density at radius 1 is 0.878 bits per heavy atom. The van der Waals surface area contributed by atoms with E-state index >= 15 is 0 Å². The standard InChI is InChI=1S/C38H67NO10/c1-19-17-36(9,10)33(48-35-29(40)27(39(13)14)16-20(2)44-35)22(4)31(47-28-18-37(11,43-15)24(6)25(7)45-28)23(5)34(42)46-26(8)38(12)32(41)21(3)30(19)49-38/h19-31,33,35,40H,16-18H2,1-15H3/t19-,20?,21+,22+,23-,24?,25?,26-,27?,28?,29?,30?,31+,33-,35?,37?,38+/m1/s1. The molecule has 1 N–H and O–H groups in total. The highest BCUT2D eigenvalue weighted by Crippen LogP contribution is 2.47. The number of aliphatic hydroxyl groups excluding tert-OH is 1. The molecule has 4 aliphatic rings. The molecule has 4 heterocycles. The number of carbonyl (C=O) groups is 2. The van der Waals surface area contributed by atoms with Crippen LogP contribution in [0.25, 0.3) is 0 Å². The zero-order chi connectivity index (χ0) is 37.0. The zero-order valence-corrected chi connectivity index (χ0v) is 32.9. The van der Waals surface area contributed by atoms with Crippen molar-refractivity contribution in [2.75, 3.05) is 21.2 Å². The molecule has 0 amide bonds. The van der Waals surface area contributed by atoms with Crippen LogP contribution in [0.2, 0.25) is 0 Å². The summed E-state index contributed by atoms with van der Waals surface area (Å²) in [5.41, 5.74) is -2.33. The molecule has 4 saturated heterocycles. The Kier molecular flexibility index (Phi) is 12.5. The largest absolute Gasteiger partial charge is 0.459 e. The molecule has 0 aromatic rings. The second-order valence-corrected chi connectivity index (χ2v) is 17.2. The van der Waals surface area contributed by atoms with Crippen LogP contribution in [0.15, 0.2) is 0 Å². The summed E-state index contributed by atoms with van der Waals surface area (Å²) >= 11 is 0. The van der Waals surface area contributed by atoms with Gasteiger partial charge in [-0.2, -0.15) is 0 Å². The SMILES string of the molecule is COC1(C)CC(O[C@H]2[C@H](C)[C@@H](OC3OC(C)CC(N(C)C)C3O)C(C)(C)C[C@@H](C)C3O[C@](C)(C(=O)[C@H]3C)[C@@H](C)OC(=O)[C@@H]2C)OC(C)C1C. The molecule has 284 valence electrons. The molecule has 11 nitrogen and oxygen atoms in total. The van der Waals surface area contributed by atoms with Gasteiger partial charge in [0.25, 0.3) is 0 Å². The number of ketones is 1. The second-order valence-electron chi connectivity index (χ2n) is 17.2. The highest BCUT2D eigenvalue weighted by atomic mass is 16.7. The lowest BCUT2D eigenvalue weighted by atomic mass is 9.69. The normalized spacial score (nSPS) is 49.9. The molecule has 4 fully saturated rings. The van der Waals surface area contributed by atoms with Gasteiger partial charge in [-0.1, -0.05) is 41.5 Å². The Bertz CT molecular complexity index is 1170. The fraction of sp³-hybridized carbons (Fsp3) is 0.947. The van der Waals surface area contributed by atoms with Crippen LogP contribution in [-0.4, -0.2) is 116 Å². The third-order valence-corrected chi connectivity index (χ3v) is 12.8. The highest BCUT2D eigenvalue weighted by molar-refractivity contribution is 5.92. The topological polar surface area (TPSA) is 122 Å². The molecular weight excluding hydrogens is 630 g/mol. The Hall–Kier alpha value is -1.18. The van der Waals surface area contributed by atoms with Crippen molar-refractivity contribution in [2.24, 2.45) is 35.0 Å². The number of Topliss-reactive ketones (excluding diaryl/α,β-unsaturated/α-hetero) is 1. The average molecular weight is 698 g/mol. The fourth-order valence-electron chi connectivity index (χ4n) is 9.17. The van der Waals surface area contributed by atoms with Crippen molar-refractivity contribution in [3.63, 3.8) is 0 Å². The van der Waals surface area contributed by atoms with Crippen LogP contribution in [0.3, 0.4) is 0 Å². The molecule has 4 rings (SSSR count). The number of esters is 1. The van der Waals surface area contributed by atoms with Crippen LogP contribution < -0.4 is 0 Å². The lowest BCUT2D eigenvalue weighted by Gasteiger charge is -2.49. The van der Waals surface area contributed by atoms with E-state index in [1.165, 1.54) is 0 Å². The van der Waals surface area contributed by atoms with Crippen molar-refractivity contribution in [3.05, 3.63) is 0 Å². The Morgan fingerprint density at radius 3 is 2.10 bits per heavy atom. The monoisotopic (exact) mass is 697 g/mol. The first-order chi connectivity index (χ1) is 22.6. The minimum atomic E-state index is -1.28. The van der Waals surface area contributed by atoms with Gasteiger partial charge in [0.2, 0.25) is 0 Å². The quantitative estimate of drug-likeness (QED) is 0.378. The summed E-state index contributed by atoms with van der Waals surface area (Å²) in [6, 6.07) is -0.162. The van der Waals surface area contributed by atoms with E-state index in [0.717, 1.165) is 0 Å². The van der Waals surface area contributed by atoms with Crippen molar-refractivity contribution in [1.29, 1.82) is 0 Å². The van der Waals surface area contributed by atoms with E-state index < -0.39 is 71.4 Å². The van der Waals surface area contributed by atoms with Gasteiger partial charge in [-0.3, -0.25) is 9.59 Å². The molecule has 0 aromatic carbocycles. The van der Waals surface area contributed by atoms with Gasteiger partial charge in [-0.15, -0.1) is 0 Å². The van der Waals surface area contributed by atoms with E-state index in [0.29, 0.717) is 19.3 Å². The number of cyclic esters (lactones) is 1. The van der Waals surface area contributed by atoms with Crippen LogP contribution in [0.1, 0.15) is 102 Å². The zero-order valence-electron chi connectivity index (χ0n) is 32.9. The summed E-state index contributed by atoms with van der Waals surface area (Å²) in [5, 5.41) is 11.6. The van der Waals surface area contributed by atoms with Gasteiger partial charge in [-0.05, 0) is 79.8 Å². The Balaban J connectivity index is 1.80. The third kappa shape index (κ3) is 7.94. The number of hydrogen-bond acceptors (Lipinski definition) is 11. The van der Waals surface area contributed by atoms with E-state index in [4.69, 9.17) is 33.2 Å². The van der Waals surface area contributed by atoms with Crippen molar-refractivity contribution in [2.45, 2.75) is 175 Å². The van der Waals surface area contributed by atoms with Crippen molar-refractivity contribution in [3.8, 4) is 0 Å². The van der Waals surface area contributed by atoms with Gasteiger partial charge in [0.05, 0.1) is 42.0 Å². The molecule has 17 atom stereocenters. The minimum absolute atomic E-state index is 0.0495. The number of aliphatic hydroxyl groups is 1. The number of ether oxygens (including phenoxy) is 7. The van der Waals surface area contributed by atoms with E-state index in [9.17, 15) is 14.7 Å². The minimum Gasteiger partial charge on any atom is -0.459 e. The molecule has 11 heteroatoms. The molecule has 0 aliphatic carbocycles. The van der Waals surface area contributed by atoms with Gasteiger partial charge in [-0.25, -0.2) is 0 Å². The number of rotatable bonds is 6. The molecule has 9 unspecified atom stereocenters. The molecule has 4 aliphatic heterocycles. The Morgan fingerprint density at radius 2 is 1.51 bits per heavy atom. The molecule has 0 saturated carbocycles. The first kappa shape index (κ1) is 40.6. The number of nitrogens with zero attached hydrogens (tertiary/aromatic N) is 1. The second kappa shape index (κ2) is 15.0. The summed E-state index contributed by atoms with van der Waals surface area (Å²) in [5.74, 6) is -2.05. The summed E-state index contributed by atoms with van der Waals surface area (Å²) < 4.78 is 45.3. The van der Waals surface area contributed by atoms with Gasteiger partial charge >= 0.3 is 5.97 Å². The molecule has 0 aromatic heterocycles. The first-order valence-electron chi connectivity index (χ1n) is 18.5. The van der Waals surface area contributed by atoms with Crippen LogP contribution in [-0.2, 0) is 42.7 Å². The number of methoxy groups -OCH3 is 1. The molecule has 2 bridgehead atoms. The summed E-state index contributed by atoms with van der Waals surface area (Å²) in [6.07, 6.45) is -3.48. The molecular formula is C38H67NO10. The third-order valence-electron chi connectivity index (χ3n) is 12.8. The Labute approximate surface area is 295 Å². The van der Waals surface area contributed by atoms with E-state index in [1.54, 1.807) is 27.9 Å².